The Morgan fingerprint density at radius 1 is 1.00 bits per heavy atom. The van der Waals surface area contributed by atoms with Crippen LogP contribution in [0.15, 0.2) is 47.4 Å². The smallest absolute Gasteiger partial charge is 0.251 e. The fraction of sp³-hybridized carbons (Fsp3) is 0.333. The van der Waals surface area contributed by atoms with Crippen LogP contribution in [0.2, 0.25) is 0 Å². The summed E-state index contributed by atoms with van der Waals surface area (Å²) in [6, 6.07) is 11.7. The molecule has 0 spiro atoms. The summed E-state index contributed by atoms with van der Waals surface area (Å²) in [4.78, 5) is 24.2. The van der Waals surface area contributed by atoms with E-state index in [-0.39, 0.29) is 35.7 Å². The molecule has 3 N–H and O–H groups in total. The Morgan fingerprint density at radius 2 is 1.69 bits per heavy atom. The Kier molecular flexibility index (Phi) is 6.34. The van der Waals surface area contributed by atoms with E-state index in [1.54, 1.807) is 43.3 Å². The van der Waals surface area contributed by atoms with Crippen molar-refractivity contribution < 1.29 is 18.0 Å². The molecule has 0 radical (unpaired) electrons. The number of benzene rings is 2. The average molecular weight is 416 g/mol. The van der Waals surface area contributed by atoms with Crippen molar-refractivity contribution in [2.75, 3.05) is 18.4 Å². The fourth-order valence-corrected chi connectivity index (χ4v) is 4.19. The maximum Gasteiger partial charge on any atom is 0.251 e. The third kappa shape index (κ3) is 5.65. The molecule has 7 nitrogen and oxygen atoms in total. The molecule has 2 aromatic rings. The summed E-state index contributed by atoms with van der Waals surface area (Å²) in [7, 11) is -3.63. The second-order valence-electron chi connectivity index (χ2n) is 7.26. The van der Waals surface area contributed by atoms with E-state index in [0.717, 1.165) is 18.4 Å². The zero-order valence-electron chi connectivity index (χ0n) is 16.5. The van der Waals surface area contributed by atoms with Crippen LogP contribution in [0.25, 0.3) is 0 Å². The third-order valence-electron chi connectivity index (χ3n) is 4.69. The highest BCUT2D eigenvalue weighted by molar-refractivity contribution is 7.89. The summed E-state index contributed by atoms with van der Waals surface area (Å²) in [5, 5.41) is 5.50. The molecule has 2 aromatic carbocycles. The summed E-state index contributed by atoms with van der Waals surface area (Å²) in [6.07, 6.45) is 1.86. The van der Waals surface area contributed by atoms with Gasteiger partial charge in [-0.2, -0.15) is 0 Å². The van der Waals surface area contributed by atoms with E-state index in [0.29, 0.717) is 16.8 Å². The van der Waals surface area contributed by atoms with Crippen LogP contribution in [-0.2, 0) is 14.8 Å². The molecule has 0 atom stereocenters. The van der Waals surface area contributed by atoms with E-state index in [1.807, 2.05) is 13.0 Å². The second-order valence-corrected chi connectivity index (χ2v) is 9.00. The quantitative estimate of drug-likeness (QED) is 0.576. The number of hydrogen-bond acceptors (Lipinski definition) is 4. The van der Waals surface area contributed by atoms with E-state index in [4.69, 9.17) is 0 Å². The first-order valence-corrected chi connectivity index (χ1v) is 11.0. The van der Waals surface area contributed by atoms with Gasteiger partial charge in [0.1, 0.15) is 0 Å². The largest absolute Gasteiger partial charge is 0.351 e. The molecule has 1 aliphatic carbocycles. The van der Waals surface area contributed by atoms with E-state index < -0.39 is 10.0 Å². The van der Waals surface area contributed by atoms with Crippen molar-refractivity contribution in [2.45, 2.75) is 31.6 Å². The third-order valence-corrected chi connectivity index (χ3v) is 6.31. The van der Waals surface area contributed by atoms with Crippen LogP contribution in [0.5, 0.6) is 0 Å². The number of aryl methyl sites for hydroxylation is 2. The van der Waals surface area contributed by atoms with E-state index in [1.165, 1.54) is 0 Å². The summed E-state index contributed by atoms with van der Waals surface area (Å²) >= 11 is 0. The Labute approximate surface area is 171 Å². The number of carbonyl (C=O) groups excluding carboxylic acids is 2. The number of hydrogen-bond donors (Lipinski definition) is 3. The van der Waals surface area contributed by atoms with E-state index in [9.17, 15) is 18.0 Å². The van der Waals surface area contributed by atoms with Crippen molar-refractivity contribution in [1.82, 2.24) is 10.0 Å². The number of carbonyl (C=O) groups is 2. The zero-order chi connectivity index (χ0) is 21.0. The van der Waals surface area contributed by atoms with Crippen LogP contribution in [-0.4, -0.2) is 33.3 Å². The van der Waals surface area contributed by atoms with Gasteiger partial charge in [0.15, 0.2) is 0 Å². The SMILES string of the molecule is Cc1ccc(S(=O)(=O)NCCNC(=O)c2ccc(NC(=O)C3CC3)cc2)c(C)c1. The van der Waals surface area contributed by atoms with E-state index in [2.05, 4.69) is 15.4 Å². The highest BCUT2D eigenvalue weighted by Crippen LogP contribution is 2.30. The monoisotopic (exact) mass is 415 g/mol. The number of amides is 2. The summed E-state index contributed by atoms with van der Waals surface area (Å²) in [5.41, 5.74) is 2.76. The molecule has 1 fully saturated rings. The highest BCUT2D eigenvalue weighted by atomic mass is 32.2. The predicted octanol–water partition coefficient (Wildman–Crippen LogP) is 2.36. The first-order valence-electron chi connectivity index (χ1n) is 9.52. The van der Waals surface area contributed by atoms with Crippen LogP contribution in [0.3, 0.4) is 0 Å². The lowest BCUT2D eigenvalue weighted by molar-refractivity contribution is -0.117. The van der Waals surface area contributed by atoms with Gasteiger partial charge < -0.3 is 10.6 Å². The van der Waals surface area contributed by atoms with Crippen molar-refractivity contribution in [3.8, 4) is 0 Å². The lowest BCUT2D eigenvalue weighted by Crippen LogP contribution is -2.34. The fourth-order valence-electron chi connectivity index (χ4n) is 2.94. The van der Waals surface area contributed by atoms with Gasteiger partial charge >= 0.3 is 0 Å². The standard InChI is InChI=1S/C21H25N3O4S/c1-14-3-10-19(15(2)13-14)29(27,28)23-12-11-22-20(25)16-6-8-18(9-7-16)24-21(26)17-4-5-17/h3,6-10,13,17,23H,4-5,11-12H2,1-2H3,(H,22,25)(H,24,26). The van der Waals surface area contributed by atoms with Gasteiger partial charge in [-0.05, 0) is 62.6 Å². The van der Waals surface area contributed by atoms with Gasteiger partial charge in [-0.15, -0.1) is 0 Å². The topological polar surface area (TPSA) is 104 Å². The van der Waals surface area contributed by atoms with Gasteiger partial charge in [0.25, 0.3) is 5.91 Å². The van der Waals surface area contributed by atoms with Crippen molar-refractivity contribution in [2.24, 2.45) is 5.92 Å². The molecule has 0 heterocycles. The minimum Gasteiger partial charge on any atom is -0.351 e. The summed E-state index contributed by atoms with van der Waals surface area (Å²) in [6.45, 7) is 3.89. The van der Waals surface area contributed by atoms with E-state index >= 15 is 0 Å². The van der Waals surface area contributed by atoms with Gasteiger partial charge in [0, 0.05) is 30.3 Å². The van der Waals surface area contributed by atoms with Gasteiger partial charge in [-0.25, -0.2) is 13.1 Å². The number of anilines is 1. The number of sulfonamides is 1. The summed E-state index contributed by atoms with van der Waals surface area (Å²) in [5.74, 6) is -0.181. The van der Waals surface area contributed by atoms with Crippen LogP contribution in [0.4, 0.5) is 5.69 Å². The normalized spacial score (nSPS) is 13.7. The summed E-state index contributed by atoms with van der Waals surface area (Å²) < 4.78 is 27.3. The molecule has 1 aliphatic rings. The average Bonchev–Trinajstić information content (AvgIpc) is 3.50. The first-order chi connectivity index (χ1) is 13.8. The van der Waals surface area contributed by atoms with Crippen LogP contribution >= 0.6 is 0 Å². The molecule has 1 saturated carbocycles. The second kappa shape index (κ2) is 8.75. The molecular weight excluding hydrogens is 390 g/mol. The molecule has 2 amide bonds. The van der Waals surface area contributed by atoms with Gasteiger partial charge in [-0.3, -0.25) is 9.59 Å². The lowest BCUT2D eigenvalue weighted by atomic mass is 10.2. The molecular formula is C21H25N3O4S. The van der Waals surface area contributed by atoms with Gasteiger partial charge in [0.05, 0.1) is 4.90 Å². The zero-order valence-corrected chi connectivity index (χ0v) is 17.3. The molecule has 0 aliphatic heterocycles. The Balaban J connectivity index is 1.47. The van der Waals surface area contributed by atoms with Crippen molar-refractivity contribution in [3.63, 3.8) is 0 Å². The molecule has 29 heavy (non-hydrogen) atoms. The van der Waals surface area contributed by atoms with Crippen molar-refractivity contribution in [1.29, 1.82) is 0 Å². The molecule has 8 heteroatoms. The number of rotatable bonds is 8. The first kappa shape index (κ1) is 21.0. The lowest BCUT2D eigenvalue weighted by Gasteiger charge is -2.11. The Bertz CT molecular complexity index is 1010. The number of nitrogens with one attached hydrogen (secondary N) is 3. The molecule has 0 saturated heterocycles. The molecule has 0 bridgehead atoms. The molecule has 3 rings (SSSR count). The Morgan fingerprint density at radius 3 is 2.31 bits per heavy atom. The maximum atomic E-state index is 12.4. The van der Waals surface area contributed by atoms with Gasteiger partial charge in [0.2, 0.25) is 15.9 Å². The van der Waals surface area contributed by atoms with Crippen molar-refractivity contribution in [3.05, 3.63) is 59.2 Å². The minimum atomic E-state index is -3.63. The van der Waals surface area contributed by atoms with Crippen LogP contribution in [0.1, 0.15) is 34.3 Å². The minimum absolute atomic E-state index is 0.0123. The Hall–Kier alpha value is -2.71. The highest BCUT2D eigenvalue weighted by Gasteiger charge is 2.29. The maximum absolute atomic E-state index is 12.4. The molecule has 0 aromatic heterocycles. The van der Waals surface area contributed by atoms with Crippen LogP contribution < -0.4 is 15.4 Å². The molecule has 0 unspecified atom stereocenters. The van der Waals surface area contributed by atoms with Crippen LogP contribution in [0, 0.1) is 19.8 Å². The van der Waals surface area contributed by atoms with Gasteiger partial charge in [-0.1, -0.05) is 17.7 Å². The van der Waals surface area contributed by atoms with Crippen molar-refractivity contribution >= 4 is 27.5 Å². The molecule has 154 valence electrons. The predicted molar refractivity (Wildman–Crippen MR) is 111 cm³/mol.